The minimum Gasteiger partial charge on any atom is -0.489 e. The van der Waals surface area contributed by atoms with Crippen LogP contribution < -0.4 is 15.8 Å². The highest BCUT2D eigenvalue weighted by Crippen LogP contribution is 2.26. The Hall–Kier alpha value is -1.59. The van der Waals surface area contributed by atoms with Crippen molar-refractivity contribution in [1.29, 1.82) is 0 Å². The van der Waals surface area contributed by atoms with Crippen molar-refractivity contribution < 1.29 is 14.3 Å². The molecular formula is C14H20N2O3. The number of hydrogen-bond acceptors (Lipinski definition) is 4. The molecule has 19 heavy (non-hydrogen) atoms. The molecular weight excluding hydrogens is 244 g/mol. The predicted molar refractivity (Wildman–Crippen MR) is 73.1 cm³/mol. The number of rotatable bonds is 4. The quantitative estimate of drug-likeness (QED) is 0.861. The fourth-order valence-corrected chi connectivity index (χ4v) is 1.99. The smallest absolute Gasteiger partial charge is 0.231 e. The molecule has 0 bridgehead atoms. The van der Waals surface area contributed by atoms with Crippen LogP contribution in [0.3, 0.4) is 0 Å². The first kappa shape index (κ1) is 13.8. The van der Waals surface area contributed by atoms with E-state index >= 15 is 0 Å². The molecule has 1 aromatic carbocycles. The van der Waals surface area contributed by atoms with Gasteiger partial charge in [-0.05, 0) is 26.0 Å². The lowest BCUT2D eigenvalue weighted by Crippen LogP contribution is -2.37. The van der Waals surface area contributed by atoms with E-state index in [-0.39, 0.29) is 24.0 Å². The van der Waals surface area contributed by atoms with Gasteiger partial charge in [0.15, 0.2) is 0 Å². The number of nitrogens with one attached hydrogen (secondary N) is 1. The Labute approximate surface area is 113 Å². The first-order chi connectivity index (χ1) is 9.08. The number of nitrogens with two attached hydrogens (primary N) is 1. The number of benzene rings is 1. The van der Waals surface area contributed by atoms with Crippen LogP contribution in [0.4, 0.5) is 5.69 Å². The number of ether oxygens (including phenoxy) is 2. The number of hydrogen-bond donors (Lipinski definition) is 2. The van der Waals surface area contributed by atoms with Gasteiger partial charge in [0.2, 0.25) is 5.91 Å². The maximum absolute atomic E-state index is 12.1. The SMILES string of the molecule is CC(C)Oc1ccccc1NC(=O)C1COCC1N. The fraction of sp³-hybridized carbons (Fsp3) is 0.500. The molecule has 2 unspecified atom stereocenters. The normalized spacial score (nSPS) is 22.5. The highest BCUT2D eigenvalue weighted by Gasteiger charge is 2.31. The van der Waals surface area contributed by atoms with E-state index in [0.29, 0.717) is 24.7 Å². The third kappa shape index (κ3) is 3.45. The molecule has 0 aliphatic carbocycles. The molecule has 2 atom stereocenters. The van der Waals surface area contributed by atoms with Crippen molar-refractivity contribution in [2.45, 2.75) is 26.0 Å². The predicted octanol–water partition coefficient (Wildman–Crippen LogP) is 1.39. The van der Waals surface area contributed by atoms with Crippen LogP contribution in [-0.4, -0.2) is 31.3 Å². The van der Waals surface area contributed by atoms with Crippen LogP contribution in [0, 0.1) is 5.92 Å². The van der Waals surface area contributed by atoms with Gasteiger partial charge in [0, 0.05) is 6.04 Å². The summed E-state index contributed by atoms with van der Waals surface area (Å²) in [6, 6.07) is 7.14. The van der Waals surface area contributed by atoms with Crippen molar-refractivity contribution in [3.05, 3.63) is 24.3 Å². The highest BCUT2D eigenvalue weighted by molar-refractivity contribution is 5.94. The summed E-state index contributed by atoms with van der Waals surface area (Å²) < 4.78 is 10.9. The first-order valence-corrected chi connectivity index (χ1v) is 6.48. The second kappa shape index (κ2) is 6.04. The summed E-state index contributed by atoms with van der Waals surface area (Å²) in [7, 11) is 0. The molecule has 5 heteroatoms. The van der Waals surface area contributed by atoms with Crippen molar-refractivity contribution in [3.8, 4) is 5.75 Å². The standard InChI is InChI=1S/C14H20N2O3/c1-9(2)19-13-6-4-3-5-12(13)16-14(17)10-7-18-8-11(10)15/h3-6,9-11H,7-8,15H2,1-2H3,(H,16,17). The van der Waals surface area contributed by atoms with Gasteiger partial charge in [0.05, 0.1) is 30.9 Å². The van der Waals surface area contributed by atoms with E-state index in [1.54, 1.807) is 0 Å². The van der Waals surface area contributed by atoms with Crippen LogP contribution in [0.25, 0.3) is 0 Å². The number of anilines is 1. The first-order valence-electron chi connectivity index (χ1n) is 6.48. The second-order valence-electron chi connectivity index (χ2n) is 4.96. The Balaban J connectivity index is 2.08. The Morgan fingerprint density at radius 3 is 2.79 bits per heavy atom. The lowest BCUT2D eigenvalue weighted by molar-refractivity contribution is -0.120. The van der Waals surface area contributed by atoms with Gasteiger partial charge in [0.1, 0.15) is 5.75 Å². The molecule has 1 fully saturated rings. The highest BCUT2D eigenvalue weighted by atomic mass is 16.5. The summed E-state index contributed by atoms with van der Waals surface area (Å²) in [5, 5.41) is 2.86. The number of para-hydroxylation sites is 2. The molecule has 1 aliphatic heterocycles. The van der Waals surface area contributed by atoms with Gasteiger partial charge in [0.25, 0.3) is 0 Å². The van der Waals surface area contributed by atoms with Gasteiger partial charge >= 0.3 is 0 Å². The van der Waals surface area contributed by atoms with Gasteiger partial charge in [-0.15, -0.1) is 0 Å². The van der Waals surface area contributed by atoms with Crippen molar-refractivity contribution in [3.63, 3.8) is 0 Å². The lowest BCUT2D eigenvalue weighted by Gasteiger charge is -2.17. The molecule has 1 saturated heterocycles. The topological polar surface area (TPSA) is 73.6 Å². The summed E-state index contributed by atoms with van der Waals surface area (Å²) in [6.45, 7) is 4.70. The van der Waals surface area contributed by atoms with E-state index in [4.69, 9.17) is 15.2 Å². The molecule has 0 radical (unpaired) electrons. The van der Waals surface area contributed by atoms with E-state index in [1.807, 2.05) is 38.1 Å². The number of amides is 1. The molecule has 1 aliphatic rings. The summed E-state index contributed by atoms with van der Waals surface area (Å²) in [4.78, 5) is 12.1. The maximum Gasteiger partial charge on any atom is 0.231 e. The van der Waals surface area contributed by atoms with Crippen molar-refractivity contribution in [2.75, 3.05) is 18.5 Å². The van der Waals surface area contributed by atoms with E-state index in [0.717, 1.165) is 0 Å². The molecule has 5 nitrogen and oxygen atoms in total. The zero-order chi connectivity index (χ0) is 13.8. The summed E-state index contributed by atoms with van der Waals surface area (Å²) in [5.74, 6) is 0.246. The molecule has 0 spiro atoms. The average molecular weight is 264 g/mol. The third-order valence-corrected chi connectivity index (χ3v) is 2.97. The Kier molecular flexibility index (Phi) is 4.39. The van der Waals surface area contributed by atoms with Crippen molar-refractivity contribution in [2.24, 2.45) is 11.7 Å². The van der Waals surface area contributed by atoms with E-state index in [2.05, 4.69) is 5.32 Å². The summed E-state index contributed by atoms with van der Waals surface area (Å²) in [6.07, 6.45) is 0.0510. The van der Waals surface area contributed by atoms with Crippen LogP contribution in [0.1, 0.15) is 13.8 Å². The molecule has 104 valence electrons. The molecule has 1 aromatic rings. The summed E-state index contributed by atoms with van der Waals surface area (Å²) in [5.41, 5.74) is 6.50. The average Bonchev–Trinajstić information content (AvgIpc) is 2.77. The molecule has 1 amide bonds. The molecule has 2 rings (SSSR count). The van der Waals surface area contributed by atoms with Gasteiger partial charge < -0.3 is 20.5 Å². The Morgan fingerprint density at radius 2 is 2.16 bits per heavy atom. The fourth-order valence-electron chi connectivity index (χ4n) is 1.99. The van der Waals surface area contributed by atoms with Crippen molar-refractivity contribution in [1.82, 2.24) is 0 Å². The minimum atomic E-state index is -0.299. The molecule has 1 heterocycles. The monoisotopic (exact) mass is 264 g/mol. The van der Waals surface area contributed by atoms with E-state index < -0.39 is 0 Å². The molecule has 3 N–H and O–H groups in total. The molecule has 0 saturated carbocycles. The van der Waals surface area contributed by atoms with Crippen LogP contribution in [0.5, 0.6) is 5.75 Å². The lowest BCUT2D eigenvalue weighted by atomic mass is 10.0. The zero-order valence-corrected chi connectivity index (χ0v) is 11.3. The van der Waals surface area contributed by atoms with Gasteiger partial charge in [-0.3, -0.25) is 4.79 Å². The van der Waals surface area contributed by atoms with E-state index in [9.17, 15) is 4.79 Å². The van der Waals surface area contributed by atoms with Gasteiger partial charge in [-0.2, -0.15) is 0 Å². The van der Waals surface area contributed by atoms with Gasteiger partial charge in [-0.1, -0.05) is 12.1 Å². The number of carbonyl (C=O) groups is 1. The largest absolute Gasteiger partial charge is 0.489 e. The van der Waals surface area contributed by atoms with E-state index in [1.165, 1.54) is 0 Å². The zero-order valence-electron chi connectivity index (χ0n) is 11.3. The Bertz CT molecular complexity index is 448. The van der Waals surface area contributed by atoms with Crippen LogP contribution in [-0.2, 0) is 9.53 Å². The van der Waals surface area contributed by atoms with Crippen LogP contribution in [0.15, 0.2) is 24.3 Å². The second-order valence-corrected chi connectivity index (χ2v) is 4.96. The third-order valence-electron chi connectivity index (χ3n) is 2.97. The summed E-state index contributed by atoms with van der Waals surface area (Å²) >= 11 is 0. The maximum atomic E-state index is 12.1. The Morgan fingerprint density at radius 1 is 1.42 bits per heavy atom. The molecule has 0 aromatic heterocycles. The number of carbonyl (C=O) groups excluding carboxylic acids is 1. The van der Waals surface area contributed by atoms with Crippen LogP contribution >= 0.6 is 0 Å². The van der Waals surface area contributed by atoms with Crippen LogP contribution in [0.2, 0.25) is 0 Å². The van der Waals surface area contributed by atoms with Crippen molar-refractivity contribution >= 4 is 11.6 Å². The minimum absolute atomic E-state index is 0.0510. The van der Waals surface area contributed by atoms with Gasteiger partial charge in [-0.25, -0.2) is 0 Å².